The van der Waals surface area contributed by atoms with Gasteiger partial charge in [0.25, 0.3) is 5.56 Å². The largest absolute Gasteiger partial charge is 0.348 e. The number of thioether (sulfide) groups is 1. The molecule has 5 nitrogen and oxygen atoms in total. The maximum Gasteiger partial charge on any atom is 0.262 e. The van der Waals surface area contributed by atoms with Crippen LogP contribution in [0.1, 0.15) is 0 Å². The van der Waals surface area contributed by atoms with Gasteiger partial charge in [-0.05, 0) is 18.2 Å². The molecule has 0 aliphatic rings. The molecular weight excluding hydrogens is 322 g/mol. The van der Waals surface area contributed by atoms with Crippen LogP contribution in [0.4, 0.5) is 0 Å². The maximum atomic E-state index is 12.6. The number of nitrogens with zero attached hydrogens (tertiary/aromatic N) is 3. The van der Waals surface area contributed by atoms with E-state index in [0.717, 1.165) is 0 Å². The SMILES string of the molecule is C=CCn1c(SCC(=O)N(C)C)nc2ccc(Cl)cc2c1=O. The lowest BCUT2D eigenvalue weighted by molar-refractivity contribution is -0.125. The third-order valence-electron chi connectivity index (χ3n) is 3.02. The summed E-state index contributed by atoms with van der Waals surface area (Å²) >= 11 is 7.18. The van der Waals surface area contributed by atoms with Gasteiger partial charge in [0.15, 0.2) is 5.16 Å². The highest BCUT2D eigenvalue weighted by Crippen LogP contribution is 2.20. The van der Waals surface area contributed by atoms with Gasteiger partial charge in [0.05, 0.1) is 16.7 Å². The van der Waals surface area contributed by atoms with Crippen LogP contribution >= 0.6 is 23.4 Å². The van der Waals surface area contributed by atoms with Gasteiger partial charge in [-0.1, -0.05) is 29.4 Å². The molecule has 22 heavy (non-hydrogen) atoms. The molecule has 2 rings (SSSR count). The molecule has 0 radical (unpaired) electrons. The minimum Gasteiger partial charge on any atom is -0.348 e. The van der Waals surface area contributed by atoms with E-state index in [0.29, 0.717) is 27.6 Å². The Balaban J connectivity index is 2.50. The van der Waals surface area contributed by atoms with Crippen molar-refractivity contribution in [3.8, 4) is 0 Å². The molecular formula is C15H16ClN3O2S. The quantitative estimate of drug-likeness (QED) is 0.477. The van der Waals surface area contributed by atoms with Crippen LogP contribution in [-0.4, -0.2) is 40.2 Å². The minimum absolute atomic E-state index is 0.0411. The normalized spacial score (nSPS) is 10.7. The van der Waals surface area contributed by atoms with E-state index in [-0.39, 0.29) is 17.2 Å². The van der Waals surface area contributed by atoms with Crippen molar-refractivity contribution in [3.05, 3.63) is 46.2 Å². The van der Waals surface area contributed by atoms with Gasteiger partial charge in [0, 0.05) is 25.7 Å². The van der Waals surface area contributed by atoms with Gasteiger partial charge in [-0.2, -0.15) is 0 Å². The topological polar surface area (TPSA) is 55.2 Å². The van der Waals surface area contributed by atoms with Gasteiger partial charge < -0.3 is 4.90 Å². The molecule has 0 spiro atoms. The Kier molecular flexibility index (Phi) is 5.26. The molecule has 0 fully saturated rings. The maximum absolute atomic E-state index is 12.6. The molecule has 1 amide bonds. The molecule has 0 aliphatic carbocycles. The zero-order valence-electron chi connectivity index (χ0n) is 12.4. The second-order valence-electron chi connectivity index (χ2n) is 4.84. The number of carbonyl (C=O) groups excluding carboxylic acids is 1. The first-order chi connectivity index (χ1) is 10.4. The van der Waals surface area contributed by atoms with Crippen molar-refractivity contribution in [2.24, 2.45) is 0 Å². The van der Waals surface area contributed by atoms with E-state index in [1.807, 2.05) is 0 Å². The summed E-state index contributed by atoms with van der Waals surface area (Å²) in [5, 5.41) is 1.44. The number of amides is 1. The van der Waals surface area contributed by atoms with Gasteiger partial charge in [-0.3, -0.25) is 14.2 Å². The Hall–Kier alpha value is -1.79. The predicted molar refractivity (Wildman–Crippen MR) is 90.6 cm³/mol. The summed E-state index contributed by atoms with van der Waals surface area (Å²) in [5.74, 6) is 0.177. The first kappa shape index (κ1) is 16.6. The molecule has 0 unspecified atom stereocenters. The van der Waals surface area contributed by atoms with Gasteiger partial charge in [-0.25, -0.2) is 4.98 Å². The predicted octanol–water partition coefficient (Wildman–Crippen LogP) is 2.42. The molecule has 0 bridgehead atoms. The minimum atomic E-state index is -0.188. The van der Waals surface area contributed by atoms with Crippen LogP contribution in [0.2, 0.25) is 5.02 Å². The lowest BCUT2D eigenvalue weighted by Crippen LogP contribution is -2.26. The molecule has 116 valence electrons. The van der Waals surface area contributed by atoms with Gasteiger partial charge >= 0.3 is 0 Å². The summed E-state index contributed by atoms with van der Waals surface area (Å²) in [6.07, 6.45) is 1.62. The van der Waals surface area contributed by atoms with Gasteiger partial charge in [0.1, 0.15) is 0 Å². The summed E-state index contributed by atoms with van der Waals surface area (Å²) in [4.78, 5) is 30.3. The number of carbonyl (C=O) groups is 1. The van der Waals surface area contributed by atoms with Crippen molar-refractivity contribution in [2.75, 3.05) is 19.8 Å². The zero-order valence-corrected chi connectivity index (χ0v) is 13.9. The van der Waals surface area contributed by atoms with Crippen molar-refractivity contribution >= 4 is 40.2 Å². The van der Waals surface area contributed by atoms with E-state index in [4.69, 9.17) is 11.6 Å². The number of aromatic nitrogens is 2. The molecule has 1 aromatic carbocycles. The first-order valence-electron chi connectivity index (χ1n) is 6.58. The van der Waals surface area contributed by atoms with Crippen molar-refractivity contribution in [1.29, 1.82) is 0 Å². The fourth-order valence-electron chi connectivity index (χ4n) is 1.83. The monoisotopic (exact) mass is 337 g/mol. The molecule has 0 saturated carbocycles. The molecule has 0 atom stereocenters. The van der Waals surface area contributed by atoms with E-state index in [1.165, 1.54) is 21.2 Å². The van der Waals surface area contributed by atoms with E-state index in [2.05, 4.69) is 11.6 Å². The van der Waals surface area contributed by atoms with Crippen molar-refractivity contribution in [3.63, 3.8) is 0 Å². The van der Waals surface area contributed by atoms with E-state index >= 15 is 0 Å². The summed E-state index contributed by atoms with van der Waals surface area (Å²) in [5.41, 5.74) is 0.377. The molecule has 7 heteroatoms. The number of allylic oxidation sites excluding steroid dienone is 1. The zero-order chi connectivity index (χ0) is 16.3. The average Bonchev–Trinajstić information content (AvgIpc) is 2.48. The lowest BCUT2D eigenvalue weighted by Gasteiger charge is -2.13. The van der Waals surface area contributed by atoms with Gasteiger partial charge in [-0.15, -0.1) is 6.58 Å². The van der Waals surface area contributed by atoms with Gasteiger partial charge in [0.2, 0.25) is 5.91 Å². The lowest BCUT2D eigenvalue weighted by atomic mass is 10.2. The Morgan fingerprint density at radius 2 is 2.23 bits per heavy atom. The number of rotatable bonds is 5. The average molecular weight is 338 g/mol. The fourth-order valence-corrected chi connectivity index (χ4v) is 2.99. The van der Waals surface area contributed by atoms with E-state index in [9.17, 15) is 9.59 Å². The number of hydrogen-bond donors (Lipinski definition) is 0. The molecule has 0 saturated heterocycles. The highest BCUT2D eigenvalue weighted by molar-refractivity contribution is 7.99. The first-order valence-corrected chi connectivity index (χ1v) is 7.94. The van der Waals surface area contributed by atoms with Crippen molar-refractivity contribution in [1.82, 2.24) is 14.5 Å². The summed E-state index contributed by atoms with van der Waals surface area (Å²) in [6, 6.07) is 4.99. The highest BCUT2D eigenvalue weighted by Gasteiger charge is 2.13. The third-order valence-corrected chi connectivity index (χ3v) is 4.21. The Bertz CT molecular complexity index is 786. The molecule has 0 aliphatic heterocycles. The van der Waals surface area contributed by atoms with Crippen molar-refractivity contribution < 1.29 is 4.79 Å². The van der Waals surface area contributed by atoms with Crippen LogP contribution in [0.15, 0.2) is 40.8 Å². The number of benzene rings is 1. The van der Waals surface area contributed by atoms with Crippen LogP contribution in [-0.2, 0) is 11.3 Å². The van der Waals surface area contributed by atoms with Crippen molar-refractivity contribution in [2.45, 2.75) is 11.7 Å². The van der Waals surface area contributed by atoms with Crippen LogP contribution in [0, 0.1) is 0 Å². The van der Waals surface area contributed by atoms with Crippen LogP contribution < -0.4 is 5.56 Å². The summed E-state index contributed by atoms with van der Waals surface area (Å²) in [6.45, 7) is 3.99. The molecule has 0 N–H and O–H groups in total. The van der Waals surface area contributed by atoms with E-state index < -0.39 is 0 Å². The fraction of sp³-hybridized carbons (Fsp3) is 0.267. The van der Waals surface area contributed by atoms with Crippen LogP contribution in [0.5, 0.6) is 0 Å². The second kappa shape index (κ2) is 6.98. The Morgan fingerprint density at radius 1 is 1.50 bits per heavy atom. The molecule has 1 aromatic heterocycles. The number of halogens is 1. The smallest absolute Gasteiger partial charge is 0.262 e. The van der Waals surface area contributed by atoms with E-state index in [1.54, 1.807) is 38.4 Å². The summed E-state index contributed by atoms with van der Waals surface area (Å²) < 4.78 is 1.50. The standard InChI is InChI=1S/C15H16ClN3O2S/c1-4-7-19-14(21)11-8-10(16)5-6-12(11)17-15(19)22-9-13(20)18(2)3/h4-6,8H,1,7,9H2,2-3H3. The Morgan fingerprint density at radius 3 is 2.86 bits per heavy atom. The molecule has 2 aromatic rings. The highest BCUT2D eigenvalue weighted by atomic mass is 35.5. The van der Waals surface area contributed by atoms with Crippen LogP contribution in [0.25, 0.3) is 10.9 Å². The third kappa shape index (κ3) is 3.51. The Labute approximate surface area is 137 Å². The second-order valence-corrected chi connectivity index (χ2v) is 6.22. The molecule has 1 heterocycles. The van der Waals surface area contributed by atoms with Crippen LogP contribution in [0.3, 0.4) is 0 Å². The number of hydrogen-bond acceptors (Lipinski definition) is 4. The summed E-state index contributed by atoms with van der Waals surface area (Å²) in [7, 11) is 3.38. The number of fused-ring (bicyclic) bond motifs is 1.